The zero-order chi connectivity index (χ0) is 15.2. The van der Waals surface area contributed by atoms with Crippen molar-refractivity contribution in [2.45, 2.75) is 57.4 Å². The first-order valence-corrected chi connectivity index (χ1v) is 6.92. The van der Waals surface area contributed by atoms with Crippen molar-refractivity contribution >= 4 is 5.97 Å². The van der Waals surface area contributed by atoms with Gasteiger partial charge in [0.25, 0.3) is 0 Å². The van der Waals surface area contributed by atoms with Crippen molar-refractivity contribution in [1.29, 1.82) is 0 Å². The third kappa shape index (κ3) is 2.76. The van der Waals surface area contributed by atoms with Gasteiger partial charge in [-0.1, -0.05) is 0 Å². The molecule has 2 aliphatic heterocycles. The topological polar surface area (TPSA) is 90.8 Å². The molecule has 114 valence electrons. The molecule has 1 aromatic rings. The number of aromatic nitrogens is 2. The largest absolute Gasteiger partial charge is 0.478 e. The molecule has 3 heterocycles. The Labute approximate surface area is 122 Å². The Morgan fingerprint density at radius 3 is 2.62 bits per heavy atom. The van der Waals surface area contributed by atoms with E-state index in [1.165, 1.54) is 12.4 Å². The van der Waals surface area contributed by atoms with Gasteiger partial charge in [-0.15, -0.1) is 0 Å². The summed E-state index contributed by atoms with van der Waals surface area (Å²) >= 11 is 0. The lowest BCUT2D eigenvalue weighted by Crippen LogP contribution is -2.42. The van der Waals surface area contributed by atoms with Crippen molar-refractivity contribution in [3.8, 4) is 0 Å². The van der Waals surface area contributed by atoms with Gasteiger partial charge in [0.2, 0.25) is 0 Å². The molecule has 0 saturated carbocycles. The van der Waals surface area contributed by atoms with Gasteiger partial charge in [-0.2, -0.15) is 0 Å². The highest BCUT2D eigenvalue weighted by atomic mass is 16.8. The van der Waals surface area contributed by atoms with Gasteiger partial charge in [0, 0.05) is 18.8 Å². The number of nitrogens with zero attached hydrogens (tertiary/aromatic N) is 2. The maximum absolute atomic E-state index is 10.8. The molecule has 0 amide bonds. The number of carboxylic acid groups (broad SMARTS) is 1. The Morgan fingerprint density at radius 1 is 1.33 bits per heavy atom. The first-order valence-electron chi connectivity index (χ1n) is 6.92. The van der Waals surface area contributed by atoms with Crippen molar-refractivity contribution in [3.63, 3.8) is 0 Å². The fourth-order valence-electron chi connectivity index (χ4n) is 2.83. The fraction of sp³-hybridized carbons (Fsp3) is 0.643. The van der Waals surface area contributed by atoms with Crippen LogP contribution in [0.2, 0.25) is 0 Å². The number of ether oxygens (including phenoxy) is 3. The zero-order valence-corrected chi connectivity index (χ0v) is 12.1. The molecule has 7 heteroatoms. The van der Waals surface area contributed by atoms with Crippen molar-refractivity contribution in [2.75, 3.05) is 0 Å². The molecule has 3 rings (SSSR count). The van der Waals surface area contributed by atoms with Gasteiger partial charge in [0.15, 0.2) is 11.6 Å². The van der Waals surface area contributed by atoms with Crippen LogP contribution in [0, 0.1) is 0 Å². The Kier molecular flexibility index (Phi) is 3.43. The second kappa shape index (κ2) is 5.01. The summed E-state index contributed by atoms with van der Waals surface area (Å²) < 4.78 is 17.6. The molecule has 2 saturated heterocycles. The zero-order valence-electron chi connectivity index (χ0n) is 12.1. The molecule has 1 aromatic heterocycles. The molecular weight excluding hydrogens is 276 g/mol. The standard InChI is InChI=1S/C14H18N2O5/c1-7-11-9(20-14(2,3)21-11)4-10(19-7)12-15-5-8(6-16-12)13(17)18/h5-7,9-11H,4H2,1-3H3,(H,17,18). The predicted molar refractivity (Wildman–Crippen MR) is 70.7 cm³/mol. The minimum absolute atomic E-state index is 0.0575. The van der Waals surface area contributed by atoms with Crippen LogP contribution in [0.1, 0.15) is 49.5 Å². The van der Waals surface area contributed by atoms with E-state index in [1.807, 2.05) is 20.8 Å². The van der Waals surface area contributed by atoms with Crippen LogP contribution in [0.4, 0.5) is 0 Å². The number of hydrogen-bond donors (Lipinski definition) is 1. The van der Waals surface area contributed by atoms with E-state index in [4.69, 9.17) is 19.3 Å². The summed E-state index contributed by atoms with van der Waals surface area (Å²) in [6.07, 6.45) is 2.54. The summed E-state index contributed by atoms with van der Waals surface area (Å²) in [6.45, 7) is 5.69. The molecule has 4 unspecified atom stereocenters. The van der Waals surface area contributed by atoms with Crippen LogP contribution in [0.5, 0.6) is 0 Å². The lowest BCUT2D eigenvalue weighted by molar-refractivity contribution is -0.156. The van der Waals surface area contributed by atoms with Crippen LogP contribution in [0.3, 0.4) is 0 Å². The summed E-state index contributed by atoms with van der Waals surface area (Å²) in [5.74, 6) is -1.19. The number of fused-ring (bicyclic) bond motifs is 1. The smallest absolute Gasteiger partial charge is 0.338 e. The first kappa shape index (κ1) is 14.4. The minimum atomic E-state index is -1.05. The molecule has 0 bridgehead atoms. The van der Waals surface area contributed by atoms with Crippen LogP contribution in [0.15, 0.2) is 12.4 Å². The van der Waals surface area contributed by atoms with Gasteiger partial charge < -0.3 is 19.3 Å². The highest BCUT2D eigenvalue weighted by Crippen LogP contribution is 2.40. The van der Waals surface area contributed by atoms with Crippen molar-refractivity contribution in [3.05, 3.63) is 23.8 Å². The molecule has 2 fully saturated rings. The lowest BCUT2D eigenvalue weighted by atomic mass is 9.98. The maximum Gasteiger partial charge on any atom is 0.338 e. The molecule has 7 nitrogen and oxygen atoms in total. The van der Waals surface area contributed by atoms with E-state index in [1.54, 1.807) is 0 Å². The van der Waals surface area contributed by atoms with Gasteiger partial charge in [0.1, 0.15) is 12.2 Å². The summed E-state index contributed by atoms with van der Waals surface area (Å²) in [4.78, 5) is 19.0. The normalized spacial score (nSPS) is 34.4. The second-order valence-corrected chi connectivity index (χ2v) is 5.84. The third-order valence-electron chi connectivity index (χ3n) is 3.72. The van der Waals surface area contributed by atoms with E-state index >= 15 is 0 Å². The molecule has 0 radical (unpaired) electrons. The van der Waals surface area contributed by atoms with Crippen molar-refractivity contribution in [1.82, 2.24) is 9.97 Å². The summed E-state index contributed by atoms with van der Waals surface area (Å²) in [5, 5.41) is 8.86. The van der Waals surface area contributed by atoms with E-state index in [9.17, 15) is 4.79 Å². The van der Waals surface area contributed by atoms with E-state index in [0.717, 1.165) is 0 Å². The lowest BCUT2D eigenvalue weighted by Gasteiger charge is -2.34. The van der Waals surface area contributed by atoms with E-state index in [-0.39, 0.29) is 30.0 Å². The monoisotopic (exact) mass is 294 g/mol. The first-order chi connectivity index (χ1) is 9.85. The van der Waals surface area contributed by atoms with E-state index < -0.39 is 11.8 Å². The van der Waals surface area contributed by atoms with Gasteiger partial charge in [-0.3, -0.25) is 0 Å². The quantitative estimate of drug-likeness (QED) is 0.884. The molecule has 2 aliphatic rings. The van der Waals surface area contributed by atoms with Gasteiger partial charge >= 0.3 is 5.97 Å². The summed E-state index contributed by atoms with van der Waals surface area (Å²) in [5.41, 5.74) is 0.0575. The predicted octanol–water partition coefficient (Wildman–Crippen LogP) is 1.54. The molecule has 4 atom stereocenters. The van der Waals surface area contributed by atoms with Crippen molar-refractivity contribution < 1.29 is 24.1 Å². The summed E-state index contributed by atoms with van der Waals surface area (Å²) in [6, 6.07) is 0. The molecular formula is C14H18N2O5. The third-order valence-corrected chi connectivity index (χ3v) is 3.72. The highest BCUT2D eigenvalue weighted by Gasteiger charge is 2.49. The van der Waals surface area contributed by atoms with E-state index in [0.29, 0.717) is 12.2 Å². The summed E-state index contributed by atoms with van der Waals surface area (Å²) in [7, 11) is 0. The SMILES string of the molecule is CC1OC(c2ncc(C(=O)O)cn2)CC2OC(C)(C)OC12. The molecule has 21 heavy (non-hydrogen) atoms. The van der Waals surface area contributed by atoms with Gasteiger partial charge in [-0.25, -0.2) is 14.8 Å². The van der Waals surface area contributed by atoms with Crippen LogP contribution in [0.25, 0.3) is 0 Å². The maximum atomic E-state index is 10.8. The minimum Gasteiger partial charge on any atom is -0.478 e. The molecule has 1 N–H and O–H groups in total. The van der Waals surface area contributed by atoms with Gasteiger partial charge in [-0.05, 0) is 20.8 Å². The number of carbonyl (C=O) groups is 1. The van der Waals surface area contributed by atoms with Crippen LogP contribution in [-0.4, -0.2) is 45.1 Å². The number of carboxylic acids is 1. The Bertz CT molecular complexity index is 545. The Balaban J connectivity index is 1.77. The fourth-order valence-corrected chi connectivity index (χ4v) is 2.83. The van der Waals surface area contributed by atoms with Crippen LogP contribution in [-0.2, 0) is 14.2 Å². The second-order valence-electron chi connectivity index (χ2n) is 5.84. The van der Waals surface area contributed by atoms with Crippen molar-refractivity contribution in [2.24, 2.45) is 0 Å². The number of rotatable bonds is 2. The number of aromatic carboxylic acids is 1. The average Bonchev–Trinajstić information content (AvgIpc) is 2.74. The highest BCUT2D eigenvalue weighted by molar-refractivity contribution is 5.86. The Hall–Kier alpha value is -1.57. The van der Waals surface area contributed by atoms with Gasteiger partial charge in [0.05, 0.1) is 17.8 Å². The Morgan fingerprint density at radius 2 is 2.00 bits per heavy atom. The molecule has 0 aromatic carbocycles. The average molecular weight is 294 g/mol. The van der Waals surface area contributed by atoms with Crippen LogP contribution >= 0.6 is 0 Å². The molecule has 0 spiro atoms. The van der Waals surface area contributed by atoms with Crippen LogP contribution < -0.4 is 0 Å². The molecule has 0 aliphatic carbocycles. The number of hydrogen-bond acceptors (Lipinski definition) is 6. The van der Waals surface area contributed by atoms with E-state index in [2.05, 4.69) is 9.97 Å².